The fourth-order valence-electron chi connectivity index (χ4n) is 1.91. The molecule has 0 radical (unpaired) electrons. The Labute approximate surface area is 120 Å². The topological polar surface area (TPSA) is 60.8 Å². The smallest absolute Gasteiger partial charge is 0.353 e. The van der Waals surface area contributed by atoms with E-state index in [4.69, 9.17) is 9.57 Å². The molecule has 1 aromatic rings. The van der Waals surface area contributed by atoms with Crippen LogP contribution in [0, 0.1) is 0 Å². The number of halogens is 1. The average Bonchev–Trinajstić information content (AvgIpc) is 2.85. The molecule has 0 aromatic carbocycles. The molecule has 1 aliphatic rings. The molecular formula is C13H15BrN2O3. The second kappa shape index (κ2) is 5.69. The number of esters is 1. The van der Waals surface area contributed by atoms with Gasteiger partial charge in [0.2, 0.25) is 5.60 Å². The molecule has 0 saturated heterocycles. The summed E-state index contributed by atoms with van der Waals surface area (Å²) in [6, 6.07) is 1.89. The second-order valence-corrected chi connectivity index (χ2v) is 5.18. The maximum atomic E-state index is 12.0. The van der Waals surface area contributed by atoms with Crippen LogP contribution in [0.1, 0.15) is 32.3 Å². The van der Waals surface area contributed by atoms with Crippen molar-refractivity contribution in [2.24, 2.45) is 5.16 Å². The number of carbonyl (C=O) groups is 1. The fourth-order valence-corrected chi connectivity index (χ4v) is 2.27. The Morgan fingerprint density at radius 2 is 2.32 bits per heavy atom. The van der Waals surface area contributed by atoms with Crippen molar-refractivity contribution in [1.82, 2.24) is 4.98 Å². The van der Waals surface area contributed by atoms with Crippen molar-refractivity contribution in [1.29, 1.82) is 0 Å². The number of pyridine rings is 1. The number of carbonyl (C=O) groups excluding carboxylic acids is 1. The van der Waals surface area contributed by atoms with Crippen molar-refractivity contribution in [2.75, 3.05) is 6.61 Å². The molecule has 2 heterocycles. The maximum Gasteiger partial charge on any atom is 0.353 e. The summed E-state index contributed by atoms with van der Waals surface area (Å²) in [6.45, 7) is 3.99. The summed E-state index contributed by atoms with van der Waals surface area (Å²) in [6.07, 6.45) is 4.31. The summed E-state index contributed by atoms with van der Waals surface area (Å²) >= 11 is 3.36. The van der Waals surface area contributed by atoms with Gasteiger partial charge in [0.25, 0.3) is 0 Å². The predicted molar refractivity (Wildman–Crippen MR) is 73.8 cm³/mol. The summed E-state index contributed by atoms with van der Waals surface area (Å²) in [4.78, 5) is 21.5. The highest BCUT2D eigenvalue weighted by Crippen LogP contribution is 2.31. The van der Waals surface area contributed by atoms with Crippen LogP contribution in [0.3, 0.4) is 0 Å². The van der Waals surface area contributed by atoms with Gasteiger partial charge in [0.15, 0.2) is 0 Å². The summed E-state index contributed by atoms with van der Waals surface area (Å²) in [5.74, 6) is -0.362. The second-order valence-electron chi connectivity index (χ2n) is 4.27. The largest absolute Gasteiger partial charge is 0.463 e. The van der Waals surface area contributed by atoms with Crippen molar-refractivity contribution >= 4 is 27.6 Å². The van der Waals surface area contributed by atoms with E-state index in [1.54, 1.807) is 19.3 Å². The van der Waals surface area contributed by atoms with Crippen LogP contribution in [0.15, 0.2) is 28.1 Å². The van der Waals surface area contributed by atoms with Gasteiger partial charge >= 0.3 is 5.97 Å². The van der Waals surface area contributed by atoms with Gasteiger partial charge < -0.3 is 9.57 Å². The third-order valence-electron chi connectivity index (χ3n) is 3.04. The number of hydrogen-bond donors (Lipinski definition) is 0. The average molecular weight is 327 g/mol. The lowest BCUT2D eigenvalue weighted by Gasteiger charge is -2.22. The molecule has 1 aromatic heterocycles. The van der Waals surface area contributed by atoms with Crippen LogP contribution in [-0.2, 0) is 14.4 Å². The first-order chi connectivity index (χ1) is 9.11. The zero-order valence-electron chi connectivity index (χ0n) is 10.9. The van der Waals surface area contributed by atoms with E-state index < -0.39 is 5.60 Å². The molecule has 0 saturated carbocycles. The number of ether oxygens (including phenoxy) is 1. The number of aromatic nitrogens is 1. The summed E-state index contributed by atoms with van der Waals surface area (Å²) in [5.41, 5.74) is 0.561. The Morgan fingerprint density at radius 1 is 1.53 bits per heavy atom. The molecule has 0 bridgehead atoms. The van der Waals surface area contributed by atoms with Gasteiger partial charge in [-0.15, -0.1) is 0 Å². The summed E-state index contributed by atoms with van der Waals surface area (Å²) in [7, 11) is 0. The number of nitrogens with zero attached hydrogens (tertiary/aromatic N) is 2. The first kappa shape index (κ1) is 14.0. The van der Waals surface area contributed by atoms with Gasteiger partial charge in [-0.2, -0.15) is 0 Å². The van der Waals surface area contributed by atoms with E-state index in [9.17, 15) is 4.79 Å². The highest BCUT2D eigenvalue weighted by atomic mass is 79.9. The van der Waals surface area contributed by atoms with E-state index >= 15 is 0 Å². The maximum absolute atomic E-state index is 12.0. The van der Waals surface area contributed by atoms with Crippen LogP contribution < -0.4 is 0 Å². The quantitative estimate of drug-likeness (QED) is 0.798. The van der Waals surface area contributed by atoms with Crippen molar-refractivity contribution in [3.8, 4) is 0 Å². The third kappa shape index (κ3) is 2.78. The lowest BCUT2D eigenvalue weighted by Crippen LogP contribution is -2.40. The third-order valence-corrected chi connectivity index (χ3v) is 3.47. The summed E-state index contributed by atoms with van der Waals surface area (Å²) < 4.78 is 5.92. The molecule has 0 spiro atoms. The van der Waals surface area contributed by atoms with Gasteiger partial charge in [-0.25, -0.2) is 4.79 Å². The highest BCUT2D eigenvalue weighted by molar-refractivity contribution is 9.10. The van der Waals surface area contributed by atoms with Crippen LogP contribution in [0.5, 0.6) is 0 Å². The van der Waals surface area contributed by atoms with Crippen LogP contribution in [0.25, 0.3) is 0 Å². The molecule has 0 N–H and O–H groups in total. The number of rotatable bonds is 4. The molecule has 0 amide bonds. The number of oxime groups is 1. The Kier molecular flexibility index (Phi) is 4.19. The van der Waals surface area contributed by atoms with Gasteiger partial charge in [-0.05, 0) is 35.3 Å². The van der Waals surface area contributed by atoms with Gasteiger partial charge in [0.05, 0.1) is 12.3 Å². The minimum atomic E-state index is -0.992. The summed E-state index contributed by atoms with van der Waals surface area (Å²) in [5, 5.41) is 4.03. The van der Waals surface area contributed by atoms with E-state index in [1.165, 1.54) is 0 Å². The highest BCUT2D eigenvalue weighted by Gasteiger charge is 2.46. The van der Waals surface area contributed by atoms with Gasteiger partial charge in [0.1, 0.15) is 0 Å². The molecule has 0 aliphatic carbocycles. The molecular weight excluding hydrogens is 312 g/mol. The predicted octanol–water partition coefficient (Wildman–Crippen LogP) is 2.68. The zero-order valence-corrected chi connectivity index (χ0v) is 12.4. The van der Waals surface area contributed by atoms with Crippen LogP contribution in [0.2, 0.25) is 0 Å². The molecule has 2 rings (SSSR count). The van der Waals surface area contributed by atoms with Crippen LogP contribution in [-0.4, -0.2) is 28.9 Å². The Hall–Kier alpha value is -1.43. The van der Waals surface area contributed by atoms with E-state index in [0.717, 1.165) is 10.0 Å². The van der Waals surface area contributed by atoms with Crippen molar-refractivity contribution in [2.45, 2.75) is 32.3 Å². The zero-order chi connectivity index (χ0) is 13.9. The van der Waals surface area contributed by atoms with E-state index in [1.807, 2.05) is 13.0 Å². The van der Waals surface area contributed by atoms with Crippen molar-refractivity contribution in [3.05, 3.63) is 28.5 Å². The molecule has 19 heavy (non-hydrogen) atoms. The Balaban J connectivity index is 2.19. The minimum Gasteiger partial charge on any atom is -0.463 e. The molecule has 102 valence electrons. The first-order valence-electron chi connectivity index (χ1n) is 6.14. The van der Waals surface area contributed by atoms with E-state index in [0.29, 0.717) is 25.2 Å². The Morgan fingerprint density at radius 3 is 2.95 bits per heavy atom. The fraction of sp³-hybridized carbons (Fsp3) is 0.462. The molecule has 1 atom stereocenters. The van der Waals surface area contributed by atoms with Crippen molar-refractivity contribution < 1.29 is 14.4 Å². The lowest BCUT2D eigenvalue weighted by molar-refractivity contribution is -0.169. The van der Waals surface area contributed by atoms with Gasteiger partial charge in [-0.3, -0.25) is 4.98 Å². The molecule has 1 aliphatic heterocycles. The van der Waals surface area contributed by atoms with Crippen LogP contribution >= 0.6 is 15.9 Å². The normalized spacial score (nSPS) is 21.7. The molecule has 5 nitrogen and oxygen atoms in total. The van der Waals surface area contributed by atoms with Gasteiger partial charge in [-0.1, -0.05) is 12.1 Å². The van der Waals surface area contributed by atoms with E-state index in [2.05, 4.69) is 26.1 Å². The van der Waals surface area contributed by atoms with E-state index in [-0.39, 0.29) is 5.97 Å². The molecule has 6 heteroatoms. The lowest BCUT2D eigenvalue weighted by atomic mass is 9.92. The molecule has 1 unspecified atom stereocenters. The standard InChI is InChI=1S/C13H15BrN2O3/c1-3-13(12(17)18-4-2)6-11(16-19-13)9-5-10(14)8-15-7-9/h5,7-8H,3-4,6H2,1-2H3. The molecule has 0 fully saturated rings. The number of hydrogen-bond acceptors (Lipinski definition) is 5. The Bertz CT molecular complexity index is 518. The van der Waals surface area contributed by atoms with Gasteiger partial charge in [0, 0.05) is 28.9 Å². The van der Waals surface area contributed by atoms with Crippen molar-refractivity contribution in [3.63, 3.8) is 0 Å². The first-order valence-corrected chi connectivity index (χ1v) is 6.94. The SMILES string of the molecule is CCOC(=O)C1(CC)CC(c2cncc(Br)c2)=NO1. The minimum absolute atomic E-state index is 0.331. The van der Waals surface area contributed by atoms with Crippen LogP contribution in [0.4, 0.5) is 0 Å². The monoisotopic (exact) mass is 326 g/mol.